The van der Waals surface area contributed by atoms with Gasteiger partial charge in [-0.25, -0.2) is 23.7 Å². The second-order valence-corrected chi connectivity index (χ2v) is 7.29. The van der Waals surface area contributed by atoms with Gasteiger partial charge in [-0.05, 0) is 36.1 Å². The summed E-state index contributed by atoms with van der Waals surface area (Å²) in [4.78, 5) is 29.0. The van der Waals surface area contributed by atoms with Gasteiger partial charge in [-0.15, -0.1) is 0 Å². The fourth-order valence-corrected chi connectivity index (χ4v) is 3.90. The minimum Gasteiger partial charge on any atom is -0.360 e. The number of aromatic amines is 1. The number of hydrogen-bond acceptors (Lipinski definition) is 5. The summed E-state index contributed by atoms with van der Waals surface area (Å²) in [5.74, 6) is -0.771. The van der Waals surface area contributed by atoms with Crippen LogP contribution in [0.25, 0.3) is 27.6 Å². The summed E-state index contributed by atoms with van der Waals surface area (Å²) in [5, 5.41) is 3.64. The number of hydrogen-bond donors (Lipinski definition) is 2. The Balaban J connectivity index is 1.76. The van der Waals surface area contributed by atoms with Gasteiger partial charge in [0.2, 0.25) is 0 Å². The van der Waals surface area contributed by atoms with E-state index in [1.165, 1.54) is 41.5 Å². The van der Waals surface area contributed by atoms with E-state index in [4.69, 9.17) is 0 Å². The molecule has 0 amide bonds. The number of pyridine rings is 1. The highest BCUT2D eigenvalue weighted by Crippen LogP contribution is 2.29. The van der Waals surface area contributed by atoms with Crippen molar-refractivity contribution in [3.8, 4) is 5.69 Å². The zero-order chi connectivity index (χ0) is 22.2. The molecule has 5 aromatic rings. The highest BCUT2D eigenvalue weighted by Gasteiger charge is 2.22. The van der Waals surface area contributed by atoms with Crippen LogP contribution < -0.4 is 10.9 Å². The average Bonchev–Trinajstić information content (AvgIpc) is 3.28. The summed E-state index contributed by atoms with van der Waals surface area (Å²) in [7, 11) is 0. The van der Waals surface area contributed by atoms with Gasteiger partial charge < -0.3 is 10.3 Å². The van der Waals surface area contributed by atoms with Crippen molar-refractivity contribution in [2.24, 2.45) is 0 Å². The maximum atomic E-state index is 14.8. The lowest BCUT2D eigenvalue weighted by Crippen LogP contribution is -2.27. The zero-order valence-electron chi connectivity index (χ0n) is 17.0. The summed E-state index contributed by atoms with van der Waals surface area (Å²) < 4.78 is 30.6. The third kappa shape index (κ3) is 3.18. The summed E-state index contributed by atoms with van der Waals surface area (Å²) in [5.41, 5.74) is 0.990. The molecule has 2 aromatic carbocycles. The number of para-hydroxylation sites is 1. The van der Waals surface area contributed by atoms with Crippen molar-refractivity contribution in [2.45, 2.75) is 19.4 Å². The van der Waals surface area contributed by atoms with Crippen LogP contribution in [0.5, 0.6) is 0 Å². The van der Waals surface area contributed by atoms with Crippen LogP contribution in [0.1, 0.15) is 25.1 Å². The van der Waals surface area contributed by atoms with Gasteiger partial charge in [0.05, 0.1) is 23.4 Å². The van der Waals surface area contributed by atoms with Crippen molar-refractivity contribution in [1.29, 1.82) is 0 Å². The molecule has 0 radical (unpaired) electrons. The fourth-order valence-electron chi connectivity index (χ4n) is 3.90. The highest BCUT2D eigenvalue weighted by atomic mass is 19.1. The third-order valence-electron chi connectivity index (χ3n) is 5.41. The molecule has 32 heavy (non-hydrogen) atoms. The molecule has 0 fully saturated rings. The lowest BCUT2D eigenvalue weighted by atomic mass is 10.0. The molecule has 3 aromatic heterocycles. The molecule has 0 saturated carbocycles. The van der Waals surface area contributed by atoms with Gasteiger partial charge >= 0.3 is 0 Å². The molecule has 0 aliphatic carbocycles. The molecule has 0 aliphatic rings. The quantitative estimate of drug-likeness (QED) is 0.427. The lowest BCUT2D eigenvalue weighted by Gasteiger charge is -2.23. The Morgan fingerprint density at radius 2 is 1.88 bits per heavy atom. The van der Waals surface area contributed by atoms with Crippen LogP contribution in [0.3, 0.4) is 0 Å². The van der Waals surface area contributed by atoms with Crippen LogP contribution in [-0.2, 0) is 0 Å². The molecular weight excluding hydrogens is 414 g/mol. The van der Waals surface area contributed by atoms with Crippen molar-refractivity contribution in [3.05, 3.63) is 88.9 Å². The van der Waals surface area contributed by atoms with Crippen LogP contribution in [-0.4, -0.2) is 24.5 Å². The maximum absolute atomic E-state index is 14.8. The van der Waals surface area contributed by atoms with Crippen LogP contribution in [0.4, 0.5) is 14.6 Å². The van der Waals surface area contributed by atoms with Crippen LogP contribution in [0.2, 0.25) is 0 Å². The first-order valence-corrected chi connectivity index (χ1v) is 10.1. The number of aromatic nitrogens is 5. The van der Waals surface area contributed by atoms with Crippen molar-refractivity contribution >= 4 is 27.8 Å². The number of rotatable bonds is 5. The summed E-state index contributed by atoms with van der Waals surface area (Å²) in [6.07, 6.45) is 3.44. The zero-order valence-corrected chi connectivity index (χ0v) is 17.0. The van der Waals surface area contributed by atoms with E-state index in [9.17, 15) is 13.6 Å². The third-order valence-corrected chi connectivity index (χ3v) is 5.41. The van der Waals surface area contributed by atoms with Crippen LogP contribution in [0, 0.1) is 11.6 Å². The first-order valence-electron chi connectivity index (χ1n) is 10.1. The Bertz CT molecular complexity index is 1510. The normalized spacial score (nSPS) is 12.3. The van der Waals surface area contributed by atoms with Crippen molar-refractivity contribution in [3.63, 3.8) is 0 Å². The van der Waals surface area contributed by atoms with Gasteiger partial charge in [-0.1, -0.05) is 31.2 Å². The fraction of sp³-hybridized carbons (Fsp3) is 0.130. The molecule has 0 spiro atoms. The minimum absolute atomic E-state index is 0.0468. The highest BCUT2D eigenvalue weighted by molar-refractivity contribution is 5.84. The molecule has 2 N–H and O–H groups in total. The molecule has 0 saturated heterocycles. The second-order valence-electron chi connectivity index (χ2n) is 7.29. The largest absolute Gasteiger partial charge is 0.360 e. The number of nitrogens with zero attached hydrogens (tertiary/aromatic N) is 4. The van der Waals surface area contributed by atoms with Gasteiger partial charge in [0.15, 0.2) is 11.5 Å². The topological polar surface area (TPSA) is 88.5 Å². The second kappa shape index (κ2) is 7.84. The molecule has 5 rings (SSSR count). The SMILES string of the molecule is CC[C@H](Nc1ncnc2[nH]cnc12)c1cc2cccc(F)c2c(=O)n1-c1ccccc1F. The predicted octanol–water partition coefficient (Wildman–Crippen LogP) is 4.50. The average molecular weight is 432 g/mol. The van der Waals surface area contributed by atoms with Crippen LogP contribution >= 0.6 is 0 Å². The number of benzene rings is 2. The van der Waals surface area contributed by atoms with E-state index in [-0.39, 0.29) is 11.1 Å². The van der Waals surface area contributed by atoms with E-state index in [1.807, 2.05) is 6.92 Å². The van der Waals surface area contributed by atoms with Gasteiger partial charge in [0.25, 0.3) is 5.56 Å². The summed E-state index contributed by atoms with van der Waals surface area (Å²) in [6.45, 7) is 1.92. The first kappa shape index (κ1) is 19.8. The minimum atomic E-state index is -0.654. The van der Waals surface area contributed by atoms with Gasteiger partial charge in [0.1, 0.15) is 23.5 Å². The molecule has 1 atom stereocenters. The van der Waals surface area contributed by atoms with Crippen molar-refractivity contribution in [2.75, 3.05) is 5.32 Å². The number of nitrogens with one attached hydrogen (secondary N) is 2. The molecule has 7 nitrogen and oxygen atoms in total. The number of halogens is 2. The molecular formula is C23H18F2N6O. The summed E-state index contributed by atoms with van der Waals surface area (Å²) >= 11 is 0. The number of anilines is 1. The molecule has 0 aliphatic heterocycles. The van der Waals surface area contributed by atoms with Crippen LogP contribution in [0.15, 0.2) is 66.0 Å². The predicted molar refractivity (Wildman–Crippen MR) is 118 cm³/mol. The van der Waals surface area contributed by atoms with Gasteiger partial charge in [0, 0.05) is 5.69 Å². The Kier molecular flexibility index (Phi) is 4.85. The number of imidazole rings is 1. The van der Waals surface area contributed by atoms with E-state index in [1.54, 1.807) is 24.3 Å². The van der Waals surface area contributed by atoms with E-state index < -0.39 is 23.2 Å². The Morgan fingerprint density at radius 3 is 2.69 bits per heavy atom. The molecule has 3 heterocycles. The molecule has 0 bridgehead atoms. The van der Waals surface area contributed by atoms with E-state index in [2.05, 4.69) is 25.3 Å². The number of H-pyrrole nitrogens is 1. The smallest absolute Gasteiger partial charge is 0.266 e. The number of fused-ring (bicyclic) bond motifs is 2. The van der Waals surface area contributed by atoms with Crippen molar-refractivity contribution < 1.29 is 8.78 Å². The maximum Gasteiger partial charge on any atom is 0.266 e. The van der Waals surface area contributed by atoms with E-state index in [0.717, 1.165) is 0 Å². The van der Waals surface area contributed by atoms with Gasteiger partial charge in [-0.3, -0.25) is 9.36 Å². The molecule has 0 unspecified atom stereocenters. The Labute approximate surface area is 180 Å². The standard InChI is InChI=1S/C23H18F2N6O/c1-2-16(30-22-20-21(27-11-26-20)28-12-29-22)18-10-13-6-5-8-15(25)19(13)23(32)31(18)17-9-4-3-7-14(17)24/h3-12,16H,2H2,1H3,(H2,26,27,28,29,30)/t16-/m0/s1. The Morgan fingerprint density at radius 1 is 1.06 bits per heavy atom. The van der Waals surface area contributed by atoms with E-state index in [0.29, 0.717) is 34.5 Å². The van der Waals surface area contributed by atoms with E-state index >= 15 is 0 Å². The monoisotopic (exact) mass is 432 g/mol. The molecule has 9 heteroatoms. The summed E-state index contributed by atoms with van der Waals surface area (Å²) in [6, 6.07) is 11.6. The lowest BCUT2D eigenvalue weighted by molar-refractivity contribution is 0.604. The Hall–Kier alpha value is -4.14. The molecule has 160 valence electrons. The first-order chi connectivity index (χ1) is 15.6. The van der Waals surface area contributed by atoms with Gasteiger partial charge in [-0.2, -0.15) is 0 Å². The van der Waals surface area contributed by atoms with Crippen molar-refractivity contribution in [1.82, 2.24) is 24.5 Å².